The molecule has 7 aliphatic carbocycles. The van der Waals surface area contributed by atoms with Gasteiger partial charge in [-0.05, 0) is 92.9 Å². The highest BCUT2D eigenvalue weighted by molar-refractivity contribution is 7.09. The fourth-order valence-corrected chi connectivity index (χ4v) is 12.6. The molecule has 0 aromatic carbocycles. The molecule has 3 spiro atoms. The van der Waals surface area contributed by atoms with E-state index in [1.807, 2.05) is 4.90 Å². The molecule has 1 amide bonds. The molecule has 9 rings (SSSR count). The molecule has 4 saturated carbocycles. The lowest BCUT2D eigenvalue weighted by Crippen LogP contribution is -2.67. The summed E-state index contributed by atoms with van der Waals surface area (Å²) in [6, 6.07) is 4.23. The molecule has 8 atom stereocenters. The maximum absolute atomic E-state index is 14.7. The number of carbonyl (C=O) groups is 2. The zero-order valence-electron chi connectivity index (χ0n) is 25.4. The summed E-state index contributed by atoms with van der Waals surface area (Å²) in [6.07, 6.45) is 19.8. The molecule has 226 valence electrons. The third-order valence-electron chi connectivity index (χ3n) is 14.1. The molecule has 5 fully saturated rings. The summed E-state index contributed by atoms with van der Waals surface area (Å²) in [5.74, 6) is 1.18. The van der Waals surface area contributed by atoms with Gasteiger partial charge in [-0.25, -0.2) is 4.79 Å². The van der Waals surface area contributed by atoms with Crippen molar-refractivity contribution in [1.29, 1.82) is 0 Å². The molecule has 1 aromatic rings. The molecule has 6 heteroatoms. The number of carbonyl (C=O) groups excluding carboxylic acids is 2. The fraction of sp³-hybridized carbons (Fsp3) is 0.722. The van der Waals surface area contributed by atoms with Gasteiger partial charge in [-0.1, -0.05) is 57.4 Å². The van der Waals surface area contributed by atoms with E-state index in [0.29, 0.717) is 24.8 Å². The third-order valence-corrected chi connectivity index (χ3v) is 15.1. The highest BCUT2D eigenvalue weighted by atomic mass is 32.1. The summed E-state index contributed by atoms with van der Waals surface area (Å²) in [5, 5.41) is 13.0. The molecule has 0 radical (unpaired) electrons. The molecule has 8 unspecified atom stereocenters. The van der Waals surface area contributed by atoms with Crippen LogP contribution in [0.1, 0.15) is 95.8 Å². The number of thiophene rings is 1. The summed E-state index contributed by atoms with van der Waals surface area (Å²) in [4.78, 5) is 31.4. The normalized spacial score (nSPS) is 45.9. The average molecular weight is 590 g/mol. The summed E-state index contributed by atoms with van der Waals surface area (Å²) >= 11 is 1.75. The second-order valence-electron chi connectivity index (χ2n) is 15.6. The van der Waals surface area contributed by atoms with Crippen LogP contribution in [0.4, 0.5) is 4.79 Å². The molecule has 42 heavy (non-hydrogen) atoms. The van der Waals surface area contributed by atoms with Gasteiger partial charge in [0.1, 0.15) is 5.60 Å². The smallest absolute Gasteiger partial charge is 0.410 e. The number of amides is 1. The van der Waals surface area contributed by atoms with Crippen LogP contribution in [0.3, 0.4) is 0 Å². The first kappa shape index (κ1) is 27.6. The van der Waals surface area contributed by atoms with E-state index in [-0.39, 0.29) is 45.7 Å². The fourth-order valence-electron chi connectivity index (χ4n) is 11.9. The number of aliphatic hydroxyl groups excluding tert-OH is 1. The van der Waals surface area contributed by atoms with Crippen molar-refractivity contribution in [3.05, 3.63) is 46.2 Å². The first-order valence-corrected chi connectivity index (χ1v) is 17.7. The van der Waals surface area contributed by atoms with Gasteiger partial charge in [0.2, 0.25) is 0 Å². The third kappa shape index (κ3) is 3.46. The predicted molar refractivity (Wildman–Crippen MR) is 164 cm³/mol. The molecule has 8 aliphatic rings. The van der Waals surface area contributed by atoms with Crippen molar-refractivity contribution < 1.29 is 19.4 Å². The number of allylic oxidation sites excluding steroid dienone is 4. The van der Waals surface area contributed by atoms with Crippen LogP contribution in [-0.4, -0.2) is 46.7 Å². The number of aliphatic hydroxyl groups is 1. The lowest BCUT2D eigenvalue weighted by Gasteiger charge is -2.71. The van der Waals surface area contributed by atoms with Crippen molar-refractivity contribution >= 4 is 23.2 Å². The van der Waals surface area contributed by atoms with Crippen molar-refractivity contribution in [2.75, 3.05) is 13.1 Å². The van der Waals surface area contributed by atoms with Gasteiger partial charge in [0.05, 0.1) is 12.6 Å². The van der Waals surface area contributed by atoms with Crippen molar-refractivity contribution in [1.82, 2.24) is 4.90 Å². The zero-order valence-corrected chi connectivity index (χ0v) is 26.2. The highest BCUT2D eigenvalue weighted by Crippen LogP contribution is 2.79. The van der Waals surface area contributed by atoms with Crippen molar-refractivity contribution in [3.8, 4) is 0 Å². The van der Waals surface area contributed by atoms with E-state index in [9.17, 15) is 14.7 Å². The van der Waals surface area contributed by atoms with Crippen LogP contribution < -0.4 is 0 Å². The topological polar surface area (TPSA) is 66.8 Å². The van der Waals surface area contributed by atoms with Gasteiger partial charge in [-0.2, -0.15) is 0 Å². The largest absolute Gasteiger partial charge is 0.440 e. The van der Waals surface area contributed by atoms with Gasteiger partial charge in [-0.3, -0.25) is 4.79 Å². The zero-order chi connectivity index (χ0) is 29.0. The van der Waals surface area contributed by atoms with Crippen LogP contribution in [-0.2, 0) is 16.0 Å². The van der Waals surface area contributed by atoms with Crippen molar-refractivity contribution in [3.63, 3.8) is 0 Å². The van der Waals surface area contributed by atoms with Crippen molar-refractivity contribution in [2.45, 2.75) is 109 Å². The number of Topliss-reactive ketones (excluding diaryl/α,β-unsaturated/α-hetero) is 1. The SMILES string of the molecule is CC12CCC(O)CC13C=CC1(C(C(=O)C4CCCCC4)=C3)C2CCC2(C)C1CCC21CN(CCc2cccs2)C(=O)O1. The Bertz CT molecular complexity index is 1350. The number of nitrogens with zero attached hydrogens (tertiary/aromatic N) is 1. The maximum Gasteiger partial charge on any atom is 0.410 e. The van der Waals surface area contributed by atoms with Crippen LogP contribution >= 0.6 is 11.3 Å². The Morgan fingerprint density at radius 2 is 1.79 bits per heavy atom. The second-order valence-corrected chi connectivity index (χ2v) is 16.6. The molecule has 5 nitrogen and oxygen atoms in total. The highest BCUT2D eigenvalue weighted by Gasteiger charge is 2.76. The predicted octanol–water partition coefficient (Wildman–Crippen LogP) is 7.49. The van der Waals surface area contributed by atoms with Crippen LogP contribution in [0, 0.1) is 39.4 Å². The van der Waals surface area contributed by atoms with Gasteiger partial charge >= 0.3 is 6.09 Å². The van der Waals surface area contributed by atoms with E-state index in [2.05, 4.69) is 49.6 Å². The molecular weight excluding hydrogens is 542 g/mol. The number of ketones is 1. The standard InChI is InChI=1S/C36H47NO4S/c1-32-14-10-25(38)21-34(32)17-18-36(27(22-34)30(39)24-7-4-3-5-8-24)28(32)11-15-33(2)29(36)12-16-35(33)23-37(31(40)41-35)19-13-26-9-6-20-42-26/h6,9,17-18,20,22,24-25,28-29,38H,3-5,7-8,10-16,19,21,23H2,1-2H3. The first-order valence-electron chi connectivity index (χ1n) is 16.8. The first-order chi connectivity index (χ1) is 20.2. The lowest BCUT2D eigenvalue weighted by molar-refractivity contribution is -0.169. The molecule has 2 heterocycles. The number of hydrogen-bond acceptors (Lipinski definition) is 5. The van der Waals surface area contributed by atoms with E-state index in [0.717, 1.165) is 82.6 Å². The number of ether oxygens (including phenoxy) is 1. The summed E-state index contributed by atoms with van der Waals surface area (Å²) in [5.41, 5.74) is -0.102. The Morgan fingerprint density at radius 3 is 2.57 bits per heavy atom. The minimum absolute atomic E-state index is 0.0352. The van der Waals surface area contributed by atoms with Gasteiger partial charge in [-0.15, -0.1) is 11.3 Å². The van der Waals surface area contributed by atoms with E-state index < -0.39 is 5.60 Å². The van der Waals surface area contributed by atoms with Crippen LogP contribution in [0.2, 0.25) is 0 Å². The Kier molecular flexibility index (Phi) is 6.11. The van der Waals surface area contributed by atoms with E-state index >= 15 is 0 Å². The summed E-state index contributed by atoms with van der Waals surface area (Å²) in [7, 11) is 0. The monoisotopic (exact) mass is 589 g/mol. The molecule has 1 saturated heterocycles. The minimum Gasteiger partial charge on any atom is -0.440 e. The lowest BCUT2D eigenvalue weighted by atomic mass is 9.32. The summed E-state index contributed by atoms with van der Waals surface area (Å²) in [6.45, 7) is 6.25. The molecular formula is C36H47NO4S. The van der Waals surface area contributed by atoms with Gasteiger partial charge in [0.15, 0.2) is 5.78 Å². The molecule has 1 aliphatic heterocycles. The van der Waals surface area contributed by atoms with E-state index in [1.165, 1.54) is 11.3 Å². The van der Waals surface area contributed by atoms with E-state index in [4.69, 9.17) is 4.74 Å². The molecule has 2 bridgehead atoms. The Labute approximate surface area is 254 Å². The summed E-state index contributed by atoms with van der Waals surface area (Å²) < 4.78 is 6.53. The Hall–Kier alpha value is -1.92. The van der Waals surface area contributed by atoms with Gasteiger partial charge in [0.25, 0.3) is 0 Å². The second kappa shape index (κ2) is 9.30. The maximum atomic E-state index is 14.7. The van der Waals surface area contributed by atoms with Crippen LogP contribution in [0.25, 0.3) is 0 Å². The van der Waals surface area contributed by atoms with Gasteiger partial charge in [0, 0.05) is 39.2 Å². The van der Waals surface area contributed by atoms with Crippen molar-refractivity contribution in [2.24, 2.45) is 39.4 Å². The number of fused-ring (bicyclic) bond motifs is 2. The quantitative estimate of drug-likeness (QED) is 0.362. The van der Waals surface area contributed by atoms with Crippen LogP contribution in [0.15, 0.2) is 41.3 Å². The number of hydrogen-bond donors (Lipinski definition) is 1. The van der Waals surface area contributed by atoms with Crippen LogP contribution in [0.5, 0.6) is 0 Å². The number of rotatable bonds is 5. The van der Waals surface area contributed by atoms with E-state index in [1.54, 1.807) is 11.3 Å². The Morgan fingerprint density at radius 1 is 1.02 bits per heavy atom. The van der Waals surface area contributed by atoms with Gasteiger partial charge < -0.3 is 14.7 Å². The Balaban J connectivity index is 1.19. The minimum atomic E-state index is -0.494. The average Bonchev–Trinajstić information content (AvgIpc) is 3.70. The molecule has 1 N–H and O–H groups in total. The molecule has 1 aromatic heterocycles.